The third-order valence-electron chi connectivity index (χ3n) is 4.26. The van der Waals surface area contributed by atoms with Gasteiger partial charge in [0, 0.05) is 10.6 Å². The molecule has 2 aromatic carbocycles. The Hall–Kier alpha value is -3.06. The molecule has 2 aromatic rings. The number of hydrogen-bond acceptors (Lipinski definition) is 5. The number of hydrazine groups is 1. The summed E-state index contributed by atoms with van der Waals surface area (Å²) in [5.74, 6) is -1.52. The smallest absolute Gasteiger partial charge is 0.313 e. The molecule has 7 nitrogen and oxygen atoms in total. The van der Waals surface area contributed by atoms with Crippen LogP contribution in [0.4, 0.5) is 0 Å². The van der Waals surface area contributed by atoms with Crippen molar-refractivity contribution in [3.63, 3.8) is 0 Å². The normalized spacial score (nSPS) is 16.1. The highest BCUT2D eigenvalue weighted by Crippen LogP contribution is 2.30. The van der Waals surface area contributed by atoms with Crippen LogP contribution in [0.25, 0.3) is 0 Å². The van der Waals surface area contributed by atoms with Crippen LogP contribution < -0.4 is 15.6 Å². The minimum Gasteiger partial charge on any atom is -0.492 e. The first-order valence-electron chi connectivity index (χ1n) is 8.71. The molecule has 1 aliphatic rings. The van der Waals surface area contributed by atoms with Gasteiger partial charge in [0.25, 0.3) is 11.8 Å². The van der Waals surface area contributed by atoms with E-state index in [1.54, 1.807) is 48.5 Å². The highest BCUT2D eigenvalue weighted by molar-refractivity contribution is 6.30. The van der Waals surface area contributed by atoms with Crippen LogP contribution in [-0.2, 0) is 20.7 Å². The van der Waals surface area contributed by atoms with Crippen LogP contribution >= 0.6 is 11.6 Å². The molecule has 2 N–H and O–H groups in total. The average Bonchev–Trinajstić information content (AvgIpc) is 2.71. The summed E-state index contributed by atoms with van der Waals surface area (Å²) in [6.07, 6.45) is -0.669. The number of halogens is 1. The molecule has 0 radical (unpaired) electrons. The number of esters is 1. The summed E-state index contributed by atoms with van der Waals surface area (Å²) >= 11 is 5.98. The number of carbonyl (C=O) groups is 3. The maximum Gasteiger partial charge on any atom is 0.313 e. The van der Waals surface area contributed by atoms with E-state index in [4.69, 9.17) is 21.1 Å². The Labute approximate surface area is 166 Å². The molecule has 3 rings (SSSR count). The molecule has 0 aliphatic carbocycles. The Morgan fingerprint density at radius 1 is 1.14 bits per heavy atom. The predicted molar refractivity (Wildman–Crippen MR) is 102 cm³/mol. The zero-order chi connectivity index (χ0) is 20.1. The van der Waals surface area contributed by atoms with Gasteiger partial charge in [-0.05, 0) is 49.2 Å². The first-order chi connectivity index (χ1) is 13.4. The molecule has 2 amide bonds. The lowest BCUT2D eigenvalue weighted by atomic mass is 9.97. The van der Waals surface area contributed by atoms with Crippen molar-refractivity contribution in [2.45, 2.75) is 19.4 Å². The third kappa shape index (κ3) is 4.80. The van der Waals surface area contributed by atoms with Crippen LogP contribution in [-0.4, -0.2) is 30.5 Å². The molecule has 0 bridgehead atoms. The van der Waals surface area contributed by atoms with Crippen molar-refractivity contribution in [3.05, 3.63) is 64.7 Å². The number of ether oxygens (including phenoxy) is 2. The van der Waals surface area contributed by atoms with E-state index < -0.39 is 29.8 Å². The number of benzene rings is 2. The fourth-order valence-corrected chi connectivity index (χ4v) is 2.91. The van der Waals surface area contributed by atoms with Crippen LogP contribution in [0.2, 0.25) is 5.02 Å². The lowest BCUT2D eigenvalue weighted by molar-refractivity contribution is -0.160. The molecule has 28 heavy (non-hydrogen) atoms. The van der Waals surface area contributed by atoms with Crippen molar-refractivity contribution in [1.29, 1.82) is 0 Å². The monoisotopic (exact) mass is 402 g/mol. The Balaban J connectivity index is 1.50. The zero-order valence-electron chi connectivity index (χ0n) is 15.1. The highest BCUT2D eigenvalue weighted by Gasteiger charge is 2.30. The quantitative estimate of drug-likeness (QED) is 0.604. The van der Waals surface area contributed by atoms with Crippen molar-refractivity contribution >= 4 is 29.4 Å². The Kier molecular flexibility index (Phi) is 6.16. The van der Waals surface area contributed by atoms with Gasteiger partial charge in [0.15, 0.2) is 6.10 Å². The summed E-state index contributed by atoms with van der Waals surface area (Å²) in [7, 11) is 0. The van der Waals surface area contributed by atoms with E-state index in [1.807, 2.05) is 0 Å². The summed E-state index contributed by atoms with van der Waals surface area (Å²) in [6, 6.07) is 13.6. The number of carbonyl (C=O) groups excluding carboxylic acids is 3. The van der Waals surface area contributed by atoms with Gasteiger partial charge in [-0.15, -0.1) is 0 Å². The van der Waals surface area contributed by atoms with Gasteiger partial charge in [-0.1, -0.05) is 29.8 Å². The van der Waals surface area contributed by atoms with Crippen LogP contribution in [0.1, 0.15) is 22.8 Å². The SMILES string of the molecule is C[C@H](OC(=O)[C@H]1COc2ccc(Cl)cc2C1)C(=O)NNC(=O)c1ccccc1. The van der Waals surface area contributed by atoms with E-state index in [-0.39, 0.29) is 6.61 Å². The second-order valence-electron chi connectivity index (χ2n) is 6.35. The molecule has 0 aromatic heterocycles. The van der Waals surface area contributed by atoms with Gasteiger partial charge in [0.05, 0.1) is 5.92 Å². The topological polar surface area (TPSA) is 93.7 Å². The van der Waals surface area contributed by atoms with E-state index in [2.05, 4.69) is 10.9 Å². The molecule has 2 atom stereocenters. The van der Waals surface area contributed by atoms with E-state index in [0.29, 0.717) is 22.8 Å². The number of hydrogen-bond donors (Lipinski definition) is 2. The summed E-state index contributed by atoms with van der Waals surface area (Å²) < 4.78 is 10.8. The van der Waals surface area contributed by atoms with Crippen LogP contribution in [0, 0.1) is 5.92 Å². The molecule has 146 valence electrons. The Bertz CT molecular complexity index is 887. The molecule has 1 aliphatic heterocycles. The van der Waals surface area contributed by atoms with Gasteiger partial charge in [-0.2, -0.15) is 0 Å². The van der Waals surface area contributed by atoms with Gasteiger partial charge in [0.1, 0.15) is 12.4 Å². The van der Waals surface area contributed by atoms with E-state index in [9.17, 15) is 14.4 Å². The molecular formula is C20H19ClN2O5. The lowest BCUT2D eigenvalue weighted by Gasteiger charge is -2.25. The van der Waals surface area contributed by atoms with E-state index in [1.165, 1.54) is 6.92 Å². The van der Waals surface area contributed by atoms with Gasteiger partial charge in [-0.3, -0.25) is 25.2 Å². The average molecular weight is 403 g/mol. The van der Waals surface area contributed by atoms with Crippen molar-refractivity contribution in [3.8, 4) is 5.75 Å². The fourth-order valence-electron chi connectivity index (χ4n) is 2.72. The Morgan fingerprint density at radius 2 is 1.89 bits per heavy atom. The van der Waals surface area contributed by atoms with Crippen molar-refractivity contribution in [2.24, 2.45) is 5.92 Å². The van der Waals surface area contributed by atoms with E-state index in [0.717, 1.165) is 5.56 Å². The number of nitrogens with one attached hydrogen (secondary N) is 2. The maximum absolute atomic E-state index is 12.4. The largest absolute Gasteiger partial charge is 0.492 e. The van der Waals surface area contributed by atoms with E-state index >= 15 is 0 Å². The number of fused-ring (bicyclic) bond motifs is 1. The lowest BCUT2D eigenvalue weighted by Crippen LogP contribution is -2.47. The van der Waals surface area contributed by atoms with Crippen LogP contribution in [0.5, 0.6) is 5.75 Å². The number of rotatable bonds is 4. The van der Waals surface area contributed by atoms with Crippen molar-refractivity contribution < 1.29 is 23.9 Å². The van der Waals surface area contributed by atoms with Gasteiger partial charge >= 0.3 is 5.97 Å². The molecule has 0 saturated carbocycles. The predicted octanol–water partition coefficient (Wildman–Crippen LogP) is 2.28. The second-order valence-corrected chi connectivity index (χ2v) is 6.79. The molecule has 0 unspecified atom stereocenters. The van der Waals surface area contributed by atoms with Crippen LogP contribution in [0.15, 0.2) is 48.5 Å². The molecule has 0 spiro atoms. The summed E-state index contributed by atoms with van der Waals surface area (Å²) in [5.41, 5.74) is 5.74. The Morgan fingerprint density at radius 3 is 2.64 bits per heavy atom. The summed E-state index contributed by atoms with van der Waals surface area (Å²) in [6.45, 7) is 1.59. The van der Waals surface area contributed by atoms with Gasteiger partial charge in [0.2, 0.25) is 0 Å². The second kappa shape index (κ2) is 8.75. The standard InChI is InChI=1S/C20H19ClN2O5/c1-12(18(24)22-23-19(25)13-5-3-2-4-6-13)28-20(26)15-9-14-10-16(21)7-8-17(14)27-11-15/h2-8,10,12,15H,9,11H2,1H3,(H,22,24)(H,23,25)/t12-,15+/m0/s1. The molecule has 1 heterocycles. The first-order valence-corrected chi connectivity index (χ1v) is 9.09. The molecule has 0 fully saturated rings. The maximum atomic E-state index is 12.4. The van der Waals surface area contributed by atoms with Crippen molar-refractivity contribution in [2.75, 3.05) is 6.61 Å². The summed E-state index contributed by atoms with van der Waals surface area (Å²) in [5, 5.41) is 0.554. The van der Waals surface area contributed by atoms with Gasteiger partial charge in [-0.25, -0.2) is 0 Å². The molecule has 8 heteroatoms. The number of amides is 2. The highest BCUT2D eigenvalue weighted by atomic mass is 35.5. The minimum absolute atomic E-state index is 0.159. The van der Waals surface area contributed by atoms with Crippen molar-refractivity contribution in [1.82, 2.24) is 10.9 Å². The summed E-state index contributed by atoms with van der Waals surface area (Å²) in [4.78, 5) is 36.4. The molecular weight excluding hydrogens is 384 g/mol. The third-order valence-corrected chi connectivity index (χ3v) is 4.49. The van der Waals surface area contributed by atoms with Gasteiger partial charge < -0.3 is 9.47 Å². The minimum atomic E-state index is -1.08. The van der Waals surface area contributed by atoms with Crippen LogP contribution in [0.3, 0.4) is 0 Å². The fraction of sp³-hybridized carbons (Fsp3) is 0.250. The first kappa shape index (κ1) is 19.7. The molecule has 0 saturated heterocycles. The zero-order valence-corrected chi connectivity index (χ0v) is 15.9.